The molecule has 10 nitrogen and oxygen atoms in total. The number of H-pyrrole nitrogens is 1. The molecule has 0 fully saturated rings. The zero-order valence-electron chi connectivity index (χ0n) is 14.0. The molecule has 0 aliphatic rings. The molecule has 0 saturated carbocycles. The van der Waals surface area contributed by atoms with Gasteiger partial charge in [0.05, 0.1) is 16.7 Å². The fraction of sp³-hybridized carbons (Fsp3) is 0.0588. The van der Waals surface area contributed by atoms with Crippen LogP contribution in [0.5, 0.6) is 5.75 Å². The summed E-state index contributed by atoms with van der Waals surface area (Å²) in [5.41, 5.74) is 5.74. The van der Waals surface area contributed by atoms with Gasteiger partial charge in [-0.3, -0.25) is 10.1 Å². The van der Waals surface area contributed by atoms with Gasteiger partial charge in [-0.15, -0.1) is 10.2 Å². The van der Waals surface area contributed by atoms with E-state index < -0.39 is 4.92 Å². The number of hydrazone groups is 1. The number of nitro groups is 1. The average molecular weight is 363 g/mol. The van der Waals surface area contributed by atoms with Crippen molar-refractivity contribution in [1.29, 1.82) is 0 Å². The molecule has 0 aliphatic carbocycles. The predicted molar refractivity (Wildman–Crippen MR) is 99.9 cm³/mol. The van der Waals surface area contributed by atoms with Crippen LogP contribution in [-0.2, 0) is 0 Å². The van der Waals surface area contributed by atoms with Crippen molar-refractivity contribution < 1.29 is 10.0 Å². The number of phenolic OH excluding ortho intramolecular Hbond substituents is 1. The zero-order valence-corrected chi connectivity index (χ0v) is 14.0. The highest BCUT2D eigenvalue weighted by Crippen LogP contribution is 2.24. The second kappa shape index (κ2) is 6.33. The number of aryl methyl sites for hydroxylation is 1. The van der Waals surface area contributed by atoms with Crippen LogP contribution in [0.15, 0.2) is 41.5 Å². The summed E-state index contributed by atoms with van der Waals surface area (Å²) in [6.07, 6.45) is 1.21. The number of phenols is 1. The average Bonchev–Trinajstić information content (AvgIpc) is 2.98. The van der Waals surface area contributed by atoms with Crippen molar-refractivity contribution in [2.24, 2.45) is 5.10 Å². The zero-order chi connectivity index (χ0) is 19.0. The number of nitrogens with one attached hydrogen (secondary N) is 2. The van der Waals surface area contributed by atoms with E-state index in [4.69, 9.17) is 0 Å². The first-order chi connectivity index (χ1) is 13.0. The van der Waals surface area contributed by atoms with Crippen molar-refractivity contribution in [3.8, 4) is 5.75 Å². The van der Waals surface area contributed by atoms with Crippen LogP contribution in [-0.4, -0.2) is 36.4 Å². The molecule has 0 spiro atoms. The minimum atomic E-state index is -0.558. The van der Waals surface area contributed by atoms with Crippen LogP contribution in [0.1, 0.15) is 11.1 Å². The molecule has 4 aromatic rings. The van der Waals surface area contributed by atoms with Gasteiger partial charge in [0.2, 0.25) is 0 Å². The number of anilines is 1. The Morgan fingerprint density at radius 2 is 2.11 bits per heavy atom. The van der Waals surface area contributed by atoms with Crippen molar-refractivity contribution in [3.05, 3.63) is 57.6 Å². The largest absolute Gasteiger partial charge is 0.508 e. The molecule has 0 saturated heterocycles. The Morgan fingerprint density at radius 1 is 1.26 bits per heavy atom. The molecule has 2 heterocycles. The maximum absolute atomic E-state index is 11.0. The number of hydrogen-bond donors (Lipinski definition) is 3. The second-order valence-electron chi connectivity index (χ2n) is 5.88. The van der Waals surface area contributed by atoms with E-state index in [0.717, 1.165) is 16.5 Å². The van der Waals surface area contributed by atoms with Crippen molar-refractivity contribution in [2.45, 2.75) is 6.92 Å². The lowest BCUT2D eigenvalue weighted by Crippen LogP contribution is -2.00. The summed E-state index contributed by atoms with van der Waals surface area (Å²) in [7, 11) is 0. The van der Waals surface area contributed by atoms with Gasteiger partial charge in [-0.2, -0.15) is 10.1 Å². The summed E-state index contributed by atoms with van der Waals surface area (Å²) in [5, 5.41) is 33.5. The van der Waals surface area contributed by atoms with Gasteiger partial charge in [0.15, 0.2) is 5.65 Å². The number of hydrogen-bond acceptors (Lipinski definition) is 8. The Balaban J connectivity index is 1.63. The second-order valence-corrected chi connectivity index (χ2v) is 5.88. The van der Waals surface area contributed by atoms with E-state index in [0.29, 0.717) is 11.2 Å². The number of nitro benzene ring substituents is 1. The topological polar surface area (TPSA) is 142 Å². The molecule has 0 bridgehead atoms. The van der Waals surface area contributed by atoms with Gasteiger partial charge in [-0.1, -0.05) is 11.6 Å². The van der Waals surface area contributed by atoms with Crippen molar-refractivity contribution in [2.75, 3.05) is 5.43 Å². The number of aromatic amines is 1. The smallest absolute Gasteiger partial charge is 0.278 e. The molecule has 0 radical (unpaired) electrons. The van der Waals surface area contributed by atoms with Crippen LogP contribution in [0.2, 0.25) is 0 Å². The summed E-state index contributed by atoms with van der Waals surface area (Å²) < 4.78 is 0. The molecule has 4 rings (SSSR count). The Hall–Kier alpha value is -4.08. The van der Waals surface area contributed by atoms with Crippen molar-refractivity contribution >= 4 is 39.9 Å². The standard InChI is InChI=1S/C17H13N7O3/c1-9-2-4-13-12(6-9)15-16(19-13)20-17(23-21-15)22-18-8-10-7-11(25)3-5-14(10)24(26)27/h2-8,25H,1H3,(H2,19,20,22,23). The molecule has 27 heavy (non-hydrogen) atoms. The Morgan fingerprint density at radius 3 is 2.93 bits per heavy atom. The molecule has 0 aliphatic heterocycles. The van der Waals surface area contributed by atoms with Gasteiger partial charge in [0.25, 0.3) is 11.6 Å². The highest BCUT2D eigenvalue weighted by Gasteiger charge is 2.13. The minimum Gasteiger partial charge on any atom is -0.508 e. The summed E-state index contributed by atoms with van der Waals surface area (Å²) in [4.78, 5) is 17.9. The van der Waals surface area contributed by atoms with Crippen molar-refractivity contribution in [3.63, 3.8) is 0 Å². The molecular weight excluding hydrogens is 350 g/mol. The molecule has 0 atom stereocenters. The van der Waals surface area contributed by atoms with Gasteiger partial charge in [0, 0.05) is 17.0 Å². The Kier molecular flexibility index (Phi) is 3.84. The highest BCUT2D eigenvalue weighted by atomic mass is 16.6. The molecule has 2 aromatic heterocycles. The van der Waals surface area contributed by atoms with E-state index in [-0.39, 0.29) is 22.9 Å². The summed E-state index contributed by atoms with van der Waals surface area (Å²) in [6.45, 7) is 1.99. The third kappa shape index (κ3) is 3.11. The Labute approximate surface area is 151 Å². The highest BCUT2D eigenvalue weighted by molar-refractivity contribution is 6.03. The maximum atomic E-state index is 11.0. The van der Waals surface area contributed by atoms with Crippen LogP contribution in [0, 0.1) is 17.0 Å². The van der Waals surface area contributed by atoms with Crippen LogP contribution in [0.25, 0.3) is 22.1 Å². The third-order valence-electron chi connectivity index (χ3n) is 3.95. The van der Waals surface area contributed by atoms with Crippen LogP contribution >= 0.6 is 0 Å². The van der Waals surface area contributed by atoms with Gasteiger partial charge in [-0.05, 0) is 31.2 Å². The first-order valence-corrected chi connectivity index (χ1v) is 7.90. The molecule has 0 amide bonds. The number of rotatable bonds is 4. The number of nitrogens with zero attached hydrogens (tertiary/aromatic N) is 5. The van der Waals surface area contributed by atoms with Gasteiger partial charge < -0.3 is 10.1 Å². The Bertz CT molecular complexity index is 1220. The minimum absolute atomic E-state index is 0.102. The first-order valence-electron chi connectivity index (χ1n) is 7.90. The fourth-order valence-electron chi connectivity index (χ4n) is 2.70. The lowest BCUT2D eigenvalue weighted by Gasteiger charge is -1.99. The first kappa shape index (κ1) is 16.4. The van der Waals surface area contributed by atoms with Crippen LogP contribution < -0.4 is 5.43 Å². The maximum Gasteiger partial charge on any atom is 0.278 e. The number of benzene rings is 2. The lowest BCUT2D eigenvalue weighted by atomic mass is 10.2. The molecule has 2 aromatic carbocycles. The van der Waals surface area contributed by atoms with Gasteiger partial charge in [-0.25, -0.2) is 5.43 Å². The normalized spacial score (nSPS) is 11.4. The van der Waals surface area contributed by atoms with Gasteiger partial charge >= 0.3 is 0 Å². The number of aromatic nitrogens is 4. The van der Waals surface area contributed by atoms with E-state index in [9.17, 15) is 15.2 Å². The number of fused-ring (bicyclic) bond motifs is 3. The summed E-state index contributed by atoms with van der Waals surface area (Å²) >= 11 is 0. The van der Waals surface area contributed by atoms with E-state index in [1.54, 1.807) is 0 Å². The SMILES string of the molecule is Cc1ccc2[nH]c3nc(NN=Cc4cc(O)ccc4[N+](=O)[O-])nnc3c2c1. The molecule has 3 N–H and O–H groups in total. The summed E-state index contributed by atoms with van der Waals surface area (Å²) in [5.74, 6) is 0.0274. The van der Waals surface area contributed by atoms with E-state index >= 15 is 0 Å². The van der Waals surface area contributed by atoms with Gasteiger partial charge in [0.1, 0.15) is 11.3 Å². The fourth-order valence-corrected chi connectivity index (χ4v) is 2.70. The molecule has 10 heteroatoms. The lowest BCUT2D eigenvalue weighted by molar-refractivity contribution is -0.385. The van der Waals surface area contributed by atoms with E-state index in [1.807, 2.05) is 25.1 Å². The summed E-state index contributed by atoms with van der Waals surface area (Å²) in [6, 6.07) is 9.61. The predicted octanol–water partition coefficient (Wildman–Crippen LogP) is 2.87. The van der Waals surface area contributed by atoms with Crippen LogP contribution in [0.3, 0.4) is 0 Å². The van der Waals surface area contributed by atoms with Crippen LogP contribution in [0.4, 0.5) is 11.6 Å². The molecular formula is C17H13N7O3. The monoisotopic (exact) mass is 363 g/mol. The number of aromatic hydroxyl groups is 1. The van der Waals surface area contributed by atoms with Crippen molar-refractivity contribution in [1.82, 2.24) is 20.2 Å². The molecule has 0 unspecified atom stereocenters. The quantitative estimate of drug-likeness (QED) is 0.287. The third-order valence-corrected chi connectivity index (χ3v) is 3.95. The van der Waals surface area contributed by atoms with E-state index in [2.05, 4.69) is 30.7 Å². The van der Waals surface area contributed by atoms with E-state index in [1.165, 1.54) is 24.4 Å². The molecule has 134 valence electrons.